The van der Waals surface area contributed by atoms with E-state index in [2.05, 4.69) is 5.10 Å². The molecule has 2 aromatic rings. The lowest BCUT2D eigenvalue weighted by Crippen LogP contribution is -2.40. The quantitative estimate of drug-likeness (QED) is 0.938. The molecule has 122 valence electrons. The third kappa shape index (κ3) is 2.99. The lowest BCUT2D eigenvalue weighted by atomic mass is 10.1. The number of carbonyl (C=O) groups is 2. The highest BCUT2D eigenvalue weighted by molar-refractivity contribution is 5.92. The normalized spacial score (nSPS) is 18.2. The Morgan fingerprint density at radius 3 is 2.78 bits per heavy atom. The van der Waals surface area contributed by atoms with Crippen molar-refractivity contribution in [1.29, 1.82) is 0 Å². The molecule has 7 heteroatoms. The van der Waals surface area contributed by atoms with Crippen molar-refractivity contribution in [3.05, 3.63) is 41.1 Å². The van der Waals surface area contributed by atoms with Crippen LogP contribution < -0.4 is 0 Å². The first-order valence-corrected chi connectivity index (χ1v) is 7.59. The van der Waals surface area contributed by atoms with E-state index >= 15 is 0 Å². The van der Waals surface area contributed by atoms with Gasteiger partial charge in [-0.3, -0.25) is 9.48 Å². The van der Waals surface area contributed by atoms with Crippen LogP contribution in [0.3, 0.4) is 0 Å². The molecule has 0 radical (unpaired) electrons. The molecule has 0 aliphatic carbocycles. The first-order chi connectivity index (χ1) is 11.0. The average Bonchev–Trinajstić information content (AvgIpc) is 3.15. The summed E-state index contributed by atoms with van der Waals surface area (Å²) in [5, 5.41) is 13.1. The van der Waals surface area contributed by atoms with E-state index in [0.29, 0.717) is 18.8 Å². The molecular weight excluding hydrogens is 298 g/mol. The lowest BCUT2D eigenvalue weighted by Gasteiger charge is -2.32. The second kappa shape index (κ2) is 5.91. The summed E-state index contributed by atoms with van der Waals surface area (Å²) in [5.41, 5.74) is 1.12. The smallest absolute Gasteiger partial charge is 0.338 e. The number of amides is 1. The van der Waals surface area contributed by atoms with Crippen molar-refractivity contribution < 1.29 is 19.1 Å². The van der Waals surface area contributed by atoms with Crippen LogP contribution in [0, 0.1) is 13.8 Å². The van der Waals surface area contributed by atoms with Gasteiger partial charge in [-0.05, 0) is 38.3 Å². The summed E-state index contributed by atoms with van der Waals surface area (Å²) in [4.78, 5) is 25.3. The highest BCUT2D eigenvalue weighted by Gasteiger charge is 2.28. The van der Waals surface area contributed by atoms with Crippen molar-refractivity contribution in [3.63, 3.8) is 0 Å². The largest absolute Gasteiger partial charge is 0.478 e. The number of furan rings is 1. The van der Waals surface area contributed by atoms with Crippen molar-refractivity contribution in [2.24, 2.45) is 0 Å². The zero-order valence-corrected chi connectivity index (χ0v) is 13.2. The topological polar surface area (TPSA) is 88.6 Å². The van der Waals surface area contributed by atoms with Gasteiger partial charge in [0.1, 0.15) is 5.76 Å². The molecule has 2 aromatic heterocycles. The first-order valence-electron chi connectivity index (χ1n) is 7.59. The monoisotopic (exact) mass is 317 g/mol. The van der Waals surface area contributed by atoms with Gasteiger partial charge >= 0.3 is 5.97 Å². The van der Waals surface area contributed by atoms with E-state index in [4.69, 9.17) is 9.52 Å². The van der Waals surface area contributed by atoms with Crippen LogP contribution in [0.15, 0.2) is 22.9 Å². The molecule has 7 nitrogen and oxygen atoms in total. The molecule has 1 fully saturated rings. The Morgan fingerprint density at radius 1 is 1.39 bits per heavy atom. The Morgan fingerprint density at radius 2 is 2.17 bits per heavy atom. The van der Waals surface area contributed by atoms with Crippen molar-refractivity contribution in [3.8, 4) is 0 Å². The van der Waals surface area contributed by atoms with Crippen molar-refractivity contribution in [2.75, 3.05) is 13.1 Å². The molecule has 1 N–H and O–H groups in total. The van der Waals surface area contributed by atoms with Crippen molar-refractivity contribution in [2.45, 2.75) is 32.7 Å². The van der Waals surface area contributed by atoms with Gasteiger partial charge in [0.05, 0.1) is 17.8 Å². The summed E-state index contributed by atoms with van der Waals surface area (Å²) < 4.78 is 7.15. The van der Waals surface area contributed by atoms with Gasteiger partial charge < -0.3 is 14.4 Å². The standard InChI is InChI=1S/C16H19N3O4/c1-10-6-14(23-11(10)2)15(20)18-5-3-4-13(9-18)19-8-12(7-17-19)16(21)22/h6-8,13H,3-5,9H2,1-2H3,(H,21,22)/t13-/m1/s1. The molecule has 0 saturated carbocycles. The predicted octanol–water partition coefficient (Wildman–Crippen LogP) is 2.27. The Kier molecular flexibility index (Phi) is 3.94. The Labute approximate surface area is 133 Å². The molecule has 0 bridgehead atoms. The van der Waals surface area contributed by atoms with Gasteiger partial charge in [-0.2, -0.15) is 5.10 Å². The highest BCUT2D eigenvalue weighted by atomic mass is 16.4. The van der Waals surface area contributed by atoms with Crippen LogP contribution in [-0.4, -0.2) is 44.8 Å². The third-order valence-electron chi connectivity index (χ3n) is 4.28. The molecule has 1 atom stereocenters. The van der Waals surface area contributed by atoms with Gasteiger partial charge in [0, 0.05) is 19.3 Å². The van der Waals surface area contributed by atoms with E-state index in [-0.39, 0.29) is 17.5 Å². The second-order valence-corrected chi connectivity index (χ2v) is 5.91. The van der Waals surface area contributed by atoms with Crippen LogP contribution in [0.4, 0.5) is 0 Å². The number of piperidine rings is 1. The molecule has 1 aliphatic heterocycles. The number of hydrogen-bond donors (Lipinski definition) is 1. The maximum absolute atomic E-state index is 12.6. The molecular formula is C16H19N3O4. The van der Waals surface area contributed by atoms with Crippen LogP contribution in [0.1, 0.15) is 51.1 Å². The average molecular weight is 317 g/mol. The molecule has 0 aromatic carbocycles. The Bertz CT molecular complexity index is 727. The third-order valence-corrected chi connectivity index (χ3v) is 4.28. The van der Waals surface area contributed by atoms with Crippen LogP contribution in [0.2, 0.25) is 0 Å². The van der Waals surface area contributed by atoms with Gasteiger partial charge in [0.25, 0.3) is 5.91 Å². The minimum absolute atomic E-state index is 0.0158. The number of nitrogens with zero attached hydrogens (tertiary/aromatic N) is 3. The van der Waals surface area contributed by atoms with Crippen molar-refractivity contribution in [1.82, 2.24) is 14.7 Å². The van der Waals surface area contributed by atoms with Gasteiger partial charge in [-0.25, -0.2) is 4.79 Å². The van der Waals surface area contributed by atoms with E-state index in [9.17, 15) is 9.59 Å². The van der Waals surface area contributed by atoms with Gasteiger partial charge in [-0.1, -0.05) is 0 Å². The van der Waals surface area contributed by atoms with Crippen molar-refractivity contribution >= 4 is 11.9 Å². The minimum Gasteiger partial charge on any atom is -0.478 e. The number of aryl methyl sites for hydroxylation is 2. The fraction of sp³-hybridized carbons (Fsp3) is 0.438. The number of carbonyl (C=O) groups excluding carboxylic acids is 1. The van der Waals surface area contributed by atoms with E-state index in [1.54, 1.807) is 15.6 Å². The molecule has 0 unspecified atom stereocenters. The SMILES string of the molecule is Cc1cc(C(=O)N2CCC[C@@H](n3cc(C(=O)O)cn3)C2)oc1C. The number of carboxylic acid groups (broad SMARTS) is 1. The summed E-state index contributed by atoms with van der Waals surface area (Å²) in [7, 11) is 0. The Balaban J connectivity index is 1.74. The molecule has 23 heavy (non-hydrogen) atoms. The predicted molar refractivity (Wildman–Crippen MR) is 81.5 cm³/mol. The van der Waals surface area contributed by atoms with Gasteiger partial charge in [0.2, 0.25) is 0 Å². The maximum Gasteiger partial charge on any atom is 0.338 e. The minimum atomic E-state index is -0.999. The Hall–Kier alpha value is -2.57. The van der Waals surface area contributed by atoms with Crippen LogP contribution in [0.5, 0.6) is 0 Å². The molecule has 1 amide bonds. The number of aromatic carboxylic acids is 1. The number of hydrogen-bond acceptors (Lipinski definition) is 4. The first kappa shape index (κ1) is 15.3. The molecule has 0 spiro atoms. The fourth-order valence-corrected chi connectivity index (χ4v) is 2.84. The molecule has 1 aliphatic rings. The van der Waals surface area contributed by atoms with Gasteiger partial charge in [-0.15, -0.1) is 0 Å². The summed E-state index contributed by atoms with van der Waals surface area (Å²) in [6.07, 6.45) is 4.56. The number of rotatable bonds is 3. The number of aromatic nitrogens is 2. The number of likely N-dealkylation sites (tertiary alicyclic amines) is 1. The molecule has 1 saturated heterocycles. The molecule has 3 heterocycles. The number of carboxylic acids is 1. The highest BCUT2D eigenvalue weighted by Crippen LogP contribution is 2.24. The van der Waals surface area contributed by atoms with E-state index in [0.717, 1.165) is 24.2 Å². The van der Waals surface area contributed by atoms with Crippen LogP contribution >= 0.6 is 0 Å². The fourth-order valence-electron chi connectivity index (χ4n) is 2.84. The summed E-state index contributed by atoms with van der Waals surface area (Å²) >= 11 is 0. The zero-order chi connectivity index (χ0) is 16.6. The van der Waals surface area contributed by atoms with E-state index in [1.165, 1.54) is 12.4 Å². The molecule has 3 rings (SSSR count). The summed E-state index contributed by atoms with van der Waals surface area (Å²) in [6, 6.07) is 1.75. The second-order valence-electron chi connectivity index (χ2n) is 5.91. The maximum atomic E-state index is 12.6. The lowest BCUT2D eigenvalue weighted by molar-refractivity contribution is 0.0636. The van der Waals surface area contributed by atoms with Crippen LogP contribution in [0.25, 0.3) is 0 Å². The van der Waals surface area contributed by atoms with Gasteiger partial charge in [0.15, 0.2) is 5.76 Å². The summed E-state index contributed by atoms with van der Waals surface area (Å²) in [6.45, 7) is 4.91. The summed E-state index contributed by atoms with van der Waals surface area (Å²) in [5.74, 6) is -0.0227. The van der Waals surface area contributed by atoms with Crippen LogP contribution in [-0.2, 0) is 0 Å². The van der Waals surface area contributed by atoms with E-state index in [1.807, 2.05) is 13.8 Å². The zero-order valence-electron chi connectivity index (χ0n) is 13.2. The van der Waals surface area contributed by atoms with E-state index < -0.39 is 5.97 Å².